The molecule has 1 rings (SSSR count). The molecule has 0 unspecified atom stereocenters. The van der Waals surface area contributed by atoms with Gasteiger partial charge in [-0.2, -0.15) is 0 Å². The summed E-state index contributed by atoms with van der Waals surface area (Å²) in [6.07, 6.45) is 0. The number of hydrogen-bond acceptors (Lipinski definition) is 1. The van der Waals surface area contributed by atoms with Crippen molar-refractivity contribution in [1.82, 2.24) is 0 Å². The van der Waals surface area contributed by atoms with Crippen molar-refractivity contribution in [2.45, 2.75) is 6.92 Å². The van der Waals surface area contributed by atoms with E-state index in [2.05, 4.69) is 22.6 Å². The molecule has 11 heavy (non-hydrogen) atoms. The zero-order valence-electron chi connectivity index (χ0n) is 5.90. The third kappa shape index (κ3) is 1.93. The summed E-state index contributed by atoms with van der Waals surface area (Å²) in [4.78, 5) is 10.8. The highest BCUT2D eigenvalue weighted by atomic mass is 127. The molecule has 0 aliphatic carbocycles. The van der Waals surface area contributed by atoms with Crippen LogP contribution in [0.2, 0.25) is 0 Å². The Kier molecular flexibility index (Phi) is 2.90. The topological polar surface area (TPSA) is 17.1 Å². The van der Waals surface area contributed by atoms with E-state index in [1.807, 2.05) is 25.1 Å². The van der Waals surface area contributed by atoms with Crippen LogP contribution in [-0.4, -0.2) is 5.24 Å². The lowest BCUT2D eigenvalue weighted by atomic mass is 10.1. The molecule has 3 heteroatoms. The average Bonchev–Trinajstić information content (AvgIpc) is 1.85. The van der Waals surface area contributed by atoms with E-state index >= 15 is 0 Å². The Labute approximate surface area is 83.9 Å². The van der Waals surface area contributed by atoms with E-state index in [0.717, 1.165) is 9.13 Å². The van der Waals surface area contributed by atoms with Gasteiger partial charge in [-0.1, -0.05) is 12.1 Å². The summed E-state index contributed by atoms with van der Waals surface area (Å²) in [5.41, 5.74) is 1.55. The van der Waals surface area contributed by atoms with Crippen molar-refractivity contribution in [3.05, 3.63) is 32.9 Å². The summed E-state index contributed by atoms with van der Waals surface area (Å²) in [5, 5.41) is -0.382. The van der Waals surface area contributed by atoms with E-state index in [4.69, 9.17) is 11.6 Å². The van der Waals surface area contributed by atoms with Crippen molar-refractivity contribution in [3.8, 4) is 0 Å². The van der Waals surface area contributed by atoms with Crippen LogP contribution in [0.3, 0.4) is 0 Å². The van der Waals surface area contributed by atoms with Crippen molar-refractivity contribution >= 4 is 39.4 Å². The van der Waals surface area contributed by atoms with Crippen LogP contribution in [0.15, 0.2) is 18.2 Å². The third-order valence-electron chi connectivity index (χ3n) is 1.42. The van der Waals surface area contributed by atoms with Crippen molar-refractivity contribution < 1.29 is 4.79 Å². The van der Waals surface area contributed by atoms with Gasteiger partial charge in [-0.25, -0.2) is 0 Å². The van der Waals surface area contributed by atoms with Gasteiger partial charge < -0.3 is 0 Å². The van der Waals surface area contributed by atoms with Crippen LogP contribution < -0.4 is 0 Å². The first-order valence-electron chi connectivity index (χ1n) is 3.08. The van der Waals surface area contributed by atoms with Crippen LogP contribution in [-0.2, 0) is 0 Å². The Balaban J connectivity index is 3.32. The molecule has 1 aromatic rings. The van der Waals surface area contributed by atoms with Gasteiger partial charge in [-0.15, -0.1) is 0 Å². The predicted octanol–water partition coefficient (Wildman–Crippen LogP) is 2.98. The minimum atomic E-state index is -0.382. The highest BCUT2D eigenvalue weighted by Crippen LogP contribution is 2.17. The molecular weight excluding hydrogens is 274 g/mol. The largest absolute Gasteiger partial charge is 0.276 e. The van der Waals surface area contributed by atoms with Crippen LogP contribution in [0, 0.1) is 10.5 Å². The fourth-order valence-corrected chi connectivity index (χ4v) is 2.17. The molecule has 0 saturated heterocycles. The Morgan fingerprint density at radius 1 is 1.55 bits per heavy atom. The van der Waals surface area contributed by atoms with Crippen LogP contribution in [0.25, 0.3) is 0 Å². The highest BCUT2D eigenvalue weighted by molar-refractivity contribution is 14.1. The Morgan fingerprint density at radius 3 is 2.55 bits per heavy atom. The molecule has 0 fully saturated rings. The van der Waals surface area contributed by atoms with Gasteiger partial charge in [0.15, 0.2) is 0 Å². The van der Waals surface area contributed by atoms with E-state index in [-0.39, 0.29) is 5.24 Å². The zero-order chi connectivity index (χ0) is 8.43. The lowest BCUT2D eigenvalue weighted by Gasteiger charge is -2.01. The molecule has 1 nitrogen and oxygen atoms in total. The second-order valence-corrected chi connectivity index (χ2v) is 3.71. The molecule has 1 aromatic carbocycles. The molecule has 0 N–H and O–H groups in total. The van der Waals surface area contributed by atoms with Gasteiger partial charge in [0.1, 0.15) is 0 Å². The van der Waals surface area contributed by atoms with Crippen molar-refractivity contribution in [2.24, 2.45) is 0 Å². The molecule has 0 spiro atoms. The summed E-state index contributed by atoms with van der Waals surface area (Å²) in [6.45, 7) is 1.87. The maximum Gasteiger partial charge on any atom is 0.253 e. The van der Waals surface area contributed by atoms with Crippen LogP contribution >= 0.6 is 34.2 Å². The summed E-state index contributed by atoms with van der Waals surface area (Å²) in [7, 11) is 0. The zero-order valence-corrected chi connectivity index (χ0v) is 8.81. The number of carbonyl (C=O) groups excluding carboxylic acids is 1. The quantitative estimate of drug-likeness (QED) is 0.571. The van der Waals surface area contributed by atoms with Crippen molar-refractivity contribution in [3.63, 3.8) is 0 Å². The van der Waals surface area contributed by atoms with Gasteiger partial charge in [-0.3, -0.25) is 4.79 Å². The van der Waals surface area contributed by atoms with Crippen molar-refractivity contribution in [1.29, 1.82) is 0 Å². The molecule has 0 saturated carbocycles. The van der Waals surface area contributed by atoms with E-state index in [1.165, 1.54) is 0 Å². The first-order chi connectivity index (χ1) is 5.13. The first-order valence-corrected chi connectivity index (χ1v) is 4.53. The van der Waals surface area contributed by atoms with E-state index in [9.17, 15) is 4.79 Å². The normalized spacial score (nSPS) is 9.73. The highest BCUT2D eigenvalue weighted by Gasteiger charge is 2.08. The minimum Gasteiger partial charge on any atom is -0.276 e. The number of rotatable bonds is 1. The smallest absolute Gasteiger partial charge is 0.253 e. The summed E-state index contributed by atoms with van der Waals surface area (Å²) in [5.74, 6) is 0. The lowest BCUT2D eigenvalue weighted by molar-refractivity contribution is 0.108. The second kappa shape index (κ2) is 3.54. The van der Waals surface area contributed by atoms with Crippen LogP contribution in [0.4, 0.5) is 0 Å². The van der Waals surface area contributed by atoms with Crippen LogP contribution in [0.1, 0.15) is 15.9 Å². The molecule has 0 aliphatic rings. The SMILES string of the molecule is Cc1cccc(I)c1C(=O)Cl. The summed E-state index contributed by atoms with van der Waals surface area (Å²) >= 11 is 7.47. The van der Waals surface area contributed by atoms with Gasteiger partial charge in [0.2, 0.25) is 0 Å². The molecule has 0 radical (unpaired) electrons. The summed E-state index contributed by atoms with van der Waals surface area (Å²) < 4.78 is 0.905. The average molecular weight is 280 g/mol. The molecule has 0 heterocycles. The fourth-order valence-electron chi connectivity index (χ4n) is 0.881. The van der Waals surface area contributed by atoms with E-state index < -0.39 is 0 Å². The lowest BCUT2D eigenvalue weighted by Crippen LogP contribution is -1.96. The minimum absolute atomic E-state index is 0.382. The van der Waals surface area contributed by atoms with Crippen molar-refractivity contribution in [2.75, 3.05) is 0 Å². The number of halogens is 2. The third-order valence-corrected chi connectivity index (χ3v) is 2.51. The Hall–Kier alpha value is -0.0900. The molecular formula is C8H6ClIO. The molecule has 0 bridgehead atoms. The van der Waals surface area contributed by atoms with Gasteiger partial charge in [0.05, 0.1) is 5.56 Å². The molecule has 0 aromatic heterocycles. The number of carbonyl (C=O) groups is 1. The molecule has 58 valence electrons. The fraction of sp³-hybridized carbons (Fsp3) is 0.125. The van der Waals surface area contributed by atoms with E-state index in [1.54, 1.807) is 0 Å². The molecule has 0 atom stereocenters. The van der Waals surface area contributed by atoms with Gasteiger partial charge >= 0.3 is 0 Å². The number of hydrogen-bond donors (Lipinski definition) is 0. The van der Waals surface area contributed by atoms with Gasteiger partial charge in [0, 0.05) is 3.57 Å². The Morgan fingerprint density at radius 2 is 2.18 bits per heavy atom. The first kappa shape index (κ1) is 9.00. The monoisotopic (exact) mass is 280 g/mol. The predicted molar refractivity (Wildman–Crippen MR) is 54.1 cm³/mol. The second-order valence-electron chi connectivity index (χ2n) is 2.21. The standard InChI is InChI=1S/C8H6ClIO/c1-5-3-2-4-6(10)7(5)8(9)11/h2-4H,1H3. The maximum atomic E-state index is 10.8. The molecule has 0 aliphatic heterocycles. The number of benzene rings is 1. The maximum absolute atomic E-state index is 10.8. The Bertz CT molecular complexity index is 276. The summed E-state index contributed by atoms with van der Waals surface area (Å²) in [6, 6.07) is 5.64. The van der Waals surface area contributed by atoms with Crippen LogP contribution in [0.5, 0.6) is 0 Å². The van der Waals surface area contributed by atoms with Gasteiger partial charge in [0.25, 0.3) is 5.24 Å². The van der Waals surface area contributed by atoms with Gasteiger partial charge in [-0.05, 0) is 52.7 Å². The number of aryl methyl sites for hydroxylation is 1. The van der Waals surface area contributed by atoms with E-state index in [0.29, 0.717) is 5.56 Å². The molecule has 0 amide bonds.